The Labute approximate surface area is 147 Å². The van der Waals surface area contributed by atoms with Crippen LogP contribution < -0.4 is 5.32 Å². The fraction of sp³-hybridized carbons (Fsp3) is 0.350. The normalized spacial score (nSPS) is 11.2. The molecular formula is C20H24FN3O. The molecule has 25 heavy (non-hydrogen) atoms. The van der Waals surface area contributed by atoms with Gasteiger partial charge >= 0.3 is 0 Å². The lowest BCUT2D eigenvalue weighted by atomic mass is 10.1. The molecule has 0 amide bonds. The second kappa shape index (κ2) is 7.66. The number of pyridine rings is 1. The van der Waals surface area contributed by atoms with Crippen LogP contribution in [-0.4, -0.2) is 29.8 Å². The largest absolute Gasteiger partial charge is 0.383 e. The maximum Gasteiger partial charge on any atom is 0.150 e. The lowest BCUT2D eigenvalue weighted by molar-refractivity contribution is 0.188. The summed E-state index contributed by atoms with van der Waals surface area (Å²) in [5, 5.41) is 4.66. The van der Waals surface area contributed by atoms with Gasteiger partial charge in [0.05, 0.1) is 12.1 Å². The van der Waals surface area contributed by atoms with E-state index in [9.17, 15) is 4.39 Å². The summed E-state index contributed by atoms with van der Waals surface area (Å²) in [7, 11) is 1.72. The van der Waals surface area contributed by atoms with E-state index in [1.165, 1.54) is 28.8 Å². The summed E-state index contributed by atoms with van der Waals surface area (Å²) in [6.45, 7) is 6.47. The Kier molecular flexibility index (Phi) is 5.34. The first-order valence-corrected chi connectivity index (χ1v) is 8.53. The molecular weight excluding hydrogens is 317 g/mol. The quantitative estimate of drug-likeness (QED) is 0.703. The van der Waals surface area contributed by atoms with Crippen LogP contribution in [0.5, 0.6) is 0 Å². The maximum absolute atomic E-state index is 13.0. The minimum atomic E-state index is -0.204. The van der Waals surface area contributed by atoms with E-state index >= 15 is 0 Å². The van der Waals surface area contributed by atoms with Crippen molar-refractivity contribution in [1.29, 1.82) is 0 Å². The van der Waals surface area contributed by atoms with Crippen LogP contribution in [-0.2, 0) is 17.7 Å². The molecule has 5 heteroatoms. The predicted molar refractivity (Wildman–Crippen MR) is 99.7 cm³/mol. The molecule has 0 atom stereocenters. The van der Waals surface area contributed by atoms with Gasteiger partial charge < -0.3 is 14.6 Å². The van der Waals surface area contributed by atoms with Gasteiger partial charge in [0.25, 0.3) is 0 Å². The number of methoxy groups -OCH3 is 1. The number of hydrogen-bond acceptors (Lipinski definition) is 3. The lowest BCUT2D eigenvalue weighted by Gasteiger charge is -2.12. The van der Waals surface area contributed by atoms with Gasteiger partial charge in [-0.15, -0.1) is 0 Å². The Hall–Kier alpha value is -2.40. The highest BCUT2D eigenvalue weighted by atomic mass is 19.1. The molecule has 0 spiro atoms. The van der Waals surface area contributed by atoms with Crippen molar-refractivity contribution in [2.75, 3.05) is 25.6 Å². The van der Waals surface area contributed by atoms with Crippen LogP contribution in [0.1, 0.15) is 16.8 Å². The standard InChI is InChI=1S/C20H24FN3O/c1-14-15(2)24(12-13-25-3)19-18(14)9-11-23-20(19)22-10-8-16-4-6-17(21)7-5-16/h4-7,9,11H,8,10,12-13H2,1-3H3,(H,22,23). The van der Waals surface area contributed by atoms with Gasteiger partial charge in [0, 0.05) is 37.5 Å². The van der Waals surface area contributed by atoms with E-state index in [-0.39, 0.29) is 5.82 Å². The SMILES string of the molecule is COCCn1c(C)c(C)c2ccnc(NCCc3ccc(F)cc3)c21. The van der Waals surface area contributed by atoms with Gasteiger partial charge in [-0.1, -0.05) is 12.1 Å². The molecule has 0 aliphatic heterocycles. The third-order valence-corrected chi connectivity index (χ3v) is 4.68. The highest BCUT2D eigenvalue weighted by Crippen LogP contribution is 2.29. The van der Waals surface area contributed by atoms with Gasteiger partial charge in [0.15, 0.2) is 5.82 Å². The Balaban J connectivity index is 1.83. The molecule has 0 fully saturated rings. The first-order chi connectivity index (χ1) is 12.1. The third kappa shape index (κ3) is 3.66. The van der Waals surface area contributed by atoms with Crippen molar-refractivity contribution in [1.82, 2.24) is 9.55 Å². The van der Waals surface area contributed by atoms with Gasteiger partial charge in [-0.25, -0.2) is 9.37 Å². The number of anilines is 1. The number of halogens is 1. The average Bonchev–Trinajstić information content (AvgIpc) is 2.87. The summed E-state index contributed by atoms with van der Waals surface area (Å²) in [5.74, 6) is 0.678. The summed E-state index contributed by atoms with van der Waals surface area (Å²) >= 11 is 0. The Morgan fingerprint density at radius 1 is 1.16 bits per heavy atom. The molecule has 2 aromatic heterocycles. The monoisotopic (exact) mass is 341 g/mol. The second-order valence-corrected chi connectivity index (χ2v) is 6.21. The van der Waals surface area contributed by atoms with Gasteiger partial charge in [-0.3, -0.25) is 0 Å². The number of aryl methyl sites for hydroxylation is 1. The minimum absolute atomic E-state index is 0.204. The molecule has 0 aliphatic rings. The van der Waals surface area contributed by atoms with E-state index < -0.39 is 0 Å². The van der Waals surface area contributed by atoms with Crippen molar-refractivity contribution >= 4 is 16.7 Å². The molecule has 4 nitrogen and oxygen atoms in total. The Bertz CT molecular complexity index is 855. The first kappa shape index (κ1) is 17.4. The fourth-order valence-electron chi connectivity index (χ4n) is 3.16. The summed E-state index contributed by atoms with van der Waals surface area (Å²) in [5.41, 5.74) is 4.73. The molecule has 132 valence electrons. The number of nitrogens with zero attached hydrogens (tertiary/aromatic N) is 2. The van der Waals surface area contributed by atoms with E-state index in [4.69, 9.17) is 4.74 Å². The van der Waals surface area contributed by atoms with Crippen LogP contribution in [0, 0.1) is 19.7 Å². The number of aromatic nitrogens is 2. The third-order valence-electron chi connectivity index (χ3n) is 4.68. The highest BCUT2D eigenvalue weighted by molar-refractivity contribution is 5.93. The molecule has 0 saturated carbocycles. The van der Waals surface area contributed by atoms with Crippen molar-refractivity contribution in [3.05, 3.63) is 59.2 Å². The smallest absolute Gasteiger partial charge is 0.150 e. The molecule has 0 saturated heterocycles. The van der Waals surface area contributed by atoms with Gasteiger partial charge in [-0.2, -0.15) is 0 Å². The van der Waals surface area contributed by atoms with Crippen LogP contribution >= 0.6 is 0 Å². The summed E-state index contributed by atoms with van der Waals surface area (Å²) in [6.07, 6.45) is 2.66. The molecule has 3 rings (SSSR count). The molecule has 0 aliphatic carbocycles. The summed E-state index contributed by atoms with van der Waals surface area (Å²) in [6, 6.07) is 8.70. The van der Waals surface area contributed by atoms with Crippen LogP contribution in [0.3, 0.4) is 0 Å². The second-order valence-electron chi connectivity index (χ2n) is 6.21. The van der Waals surface area contributed by atoms with Crippen LogP contribution in [0.15, 0.2) is 36.5 Å². The molecule has 2 heterocycles. The predicted octanol–water partition coefficient (Wildman–Crippen LogP) is 4.09. The molecule has 3 aromatic rings. The van der Waals surface area contributed by atoms with Crippen molar-refractivity contribution in [3.63, 3.8) is 0 Å². The molecule has 0 bridgehead atoms. The minimum Gasteiger partial charge on any atom is -0.383 e. The first-order valence-electron chi connectivity index (χ1n) is 8.53. The van der Waals surface area contributed by atoms with Crippen molar-refractivity contribution in [2.24, 2.45) is 0 Å². The van der Waals surface area contributed by atoms with Crippen molar-refractivity contribution < 1.29 is 9.13 Å². The maximum atomic E-state index is 13.0. The zero-order chi connectivity index (χ0) is 17.8. The summed E-state index contributed by atoms with van der Waals surface area (Å²) < 4.78 is 20.5. The van der Waals surface area contributed by atoms with E-state index in [1.54, 1.807) is 7.11 Å². The zero-order valence-corrected chi connectivity index (χ0v) is 15.0. The summed E-state index contributed by atoms with van der Waals surface area (Å²) in [4.78, 5) is 4.54. The van der Waals surface area contributed by atoms with Crippen LogP contribution in [0.4, 0.5) is 10.2 Å². The molecule has 1 aromatic carbocycles. The zero-order valence-electron chi connectivity index (χ0n) is 15.0. The molecule has 0 unspecified atom stereocenters. The average molecular weight is 341 g/mol. The van der Waals surface area contributed by atoms with Crippen LogP contribution in [0.2, 0.25) is 0 Å². The number of hydrogen-bond donors (Lipinski definition) is 1. The van der Waals surface area contributed by atoms with E-state index in [1.807, 2.05) is 18.3 Å². The number of ether oxygens (including phenoxy) is 1. The topological polar surface area (TPSA) is 39.1 Å². The fourth-order valence-corrected chi connectivity index (χ4v) is 3.16. The van der Waals surface area contributed by atoms with Gasteiger partial charge in [0.1, 0.15) is 5.82 Å². The van der Waals surface area contributed by atoms with Crippen molar-refractivity contribution in [2.45, 2.75) is 26.8 Å². The molecule has 1 N–H and O–H groups in total. The number of rotatable bonds is 7. The number of nitrogens with one attached hydrogen (secondary N) is 1. The Morgan fingerprint density at radius 3 is 2.64 bits per heavy atom. The Morgan fingerprint density at radius 2 is 1.92 bits per heavy atom. The lowest BCUT2D eigenvalue weighted by Crippen LogP contribution is -2.10. The van der Waals surface area contributed by atoms with Gasteiger partial charge in [-0.05, 0) is 49.6 Å². The van der Waals surface area contributed by atoms with Crippen molar-refractivity contribution in [3.8, 4) is 0 Å². The number of fused-ring (bicyclic) bond motifs is 1. The van der Waals surface area contributed by atoms with E-state index in [2.05, 4.69) is 34.8 Å². The van der Waals surface area contributed by atoms with Crippen LogP contribution in [0.25, 0.3) is 10.9 Å². The highest BCUT2D eigenvalue weighted by Gasteiger charge is 2.14. The van der Waals surface area contributed by atoms with E-state index in [0.29, 0.717) is 6.61 Å². The van der Waals surface area contributed by atoms with E-state index in [0.717, 1.165) is 36.4 Å². The number of benzene rings is 1. The van der Waals surface area contributed by atoms with Gasteiger partial charge in [0.2, 0.25) is 0 Å². The molecule has 0 radical (unpaired) electrons.